The van der Waals surface area contributed by atoms with Gasteiger partial charge in [0.1, 0.15) is 5.75 Å². The molecule has 1 aliphatic heterocycles. The van der Waals surface area contributed by atoms with E-state index in [-0.39, 0.29) is 0 Å². The second-order valence-corrected chi connectivity index (χ2v) is 5.20. The van der Waals surface area contributed by atoms with E-state index in [2.05, 4.69) is 29.7 Å². The molecule has 3 heteroatoms. The summed E-state index contributed by atoms with van der Waals surface area (Å²) in [4.78, 5) is 4.86. The molecule has 1 aromatic rings. The molecule has 1 fully saturated rings. The molecule has 1 N–H and O–H groups in total. The fourth-order valence-corrected chi connectivity index (χ4v) is 2.39. The van der Waals surface area contributed by atoms with Crippen molar-refractivity contribution in [2.75, 3.05) is 37.6 Å². The fraction of sp³-hybridized carbons (Fsp3) is 0.571. The second-order valence-electron chi connectivity index (χ2n) is 5.20. The van der Waals surface area contributed by atoms with Gasteiger partial charge in [-0.3, -0.25) is 4.90 Å². The molecule has 0 amide bonds. The molecule has 0 atom stereocenters. The highest BCUT2D eigenvalue weighted by molar-refractivity contribution is 5.50. The van der Waals surface area contributed by atoms with Crippen LogP contribution in [0.3, 0.4) is 0 Å². The van der Waals surface area contributed by atoms with Gasteiger partial charge in [-0.1, -0.05) is 19.9 Å². The molecule has 1 aliphatic rings. The van der Waals surface area contributed by atoms with Crippen LogP contribution in [0.1, 0.15) is 13.8 Å². The minimum absolute atomic E-state index is 0.354. The lowest BCUT2D eigenvalue weighted by Gasteiger charge is -2.36. The first-order valence-corrected chi connectivity index (χ1v) is 6.41. The number of hydrogen-bond acceptors (Lipinski definition) is 3. The first kappa shape index (κ1) is 12.2. The van der Waals surface area contributed by atoms with Crippen LogP contribution in [0, 0.1) is 5.92 Å². The molecule has 0 spiro atoms. The smallest absolute Gasteiger partial charge is 0.117 e. The average Bonchev–Trinajstić information content (AvgIpc) is 2.29. The van der Waals surface area contributed by atoms with E-state index in [4.69, 9.17) is 0 Å². The lowest BCUT2D eigenvalue weighted by Crippen LogP contribution is -2.47. The van der Waals surface area contributed by atoms with E-state index < -0.39 is 0 Å². The maximum absolute atomic E-state index is 9.48. The van der Waals surface area contributed by atoms with Gasteiger partial charge >= 0.3 is 0 Å². The van der Waals surface area contributed by atoms with Gasteiger partial charge in [-0.15, -0.1) is 0 Å². The SMILES string of the molecule is CC(C)CN1CCN(c2cccc(O)c2)CC1. The third kappa shape index (κ3) is 3.37. The summed E-state index contributed by atoms with van der Waals surface area (Å²) in [6.45, 7) is 10.1. The molecule has 0 unspecified atom stereocenters. The second kappa shape index (κ2) is 5.41. The van der Waals surface area contributed by atoms with Gasteiger partial charge in [-0.2, -0.15) is 0 Å². The van der Waals surface area contributed by atoms with E-state index in [0.717, 1.165) is 37.8 Å². The van der Waals surface area contributed by atoms with Crippen LogP contribution >= 0.6 is 0 Å². The molecular formula is C14H22N2O. The topological polar surface area (TPSA) is 26.7 Å². The summed E-state index contributed by atoms with van der Waals surface area (Å²) in [5.74, 6) is 1.09. The molecule has 0 aliphatic carbocycles. The predicted molar refractivity (Wildman–Crippen MR) is 71.6 cm³/mol. The van der Waals surface area contributed by atoms with Gasteiger partial charge in [0, 0.05) is 44.5 Å². The van der Waals surface area contributed by atoms with Crippen molar-refractivity contribution in [1.82, 2.24) is 4.90 Å². The van der Waals surface area contributed by atoms with Gasteiger partial charge < -0.3 is 10.0 Å². The van der Waals surface area contributed by atoms with Crippen LogP contribution in [0.15, 0.2) is 24.3 Å². The van der Waals surface area contributed by atoms with E-state index in [1.165, 1.54) is 6.54 Å². The van der Waals surface area contributed by atoms with Gasteiger partial charge in [-0.05, 0) is 18.1 Å². The Labute approximate surface area is 104 Å². The number of phenols is 1. The van der Waals surface area contributed by atoms with Crippen molar-refractivity contribution < 1.29 is 5.11 Å². The molecule has 0 bridgehead atoms. The third-order valence-electron chi connectivity index (χ3n) is 3.19. The largest absolute Gasteiger partial charge is 0.508 e. The molecule has 1 heterocycles. The standard InChI is InChI=1S/C14H22N2O/c1-12(2)11-15-6-8-16(9-7-15)13-4-3-5-14(17)10-13/h3-5,10,12,17H,6-9,11H2,1-2H3. The van der Waals surface area contributed by atoms with E-state index in [9.17, 15) is 5.11 Å². The number of nitrogens with zero attached hydrogens (tertiary/aromatic N) is 2. The van der Waals surface area contributed by atoms with Crippen molar-refractivity contribution in [1.29, 1.82) is 0 Å². The predicted octanol–water partition coefficient (Wildman–Crippen LogP) is 2.17. The molecule has 1 saturated heterocycles. The Morgan fingerprint density at radius 3 is 2.47 bits per heavy atom. The highest BCUT2D eigenvalue weighted by atomic mass is 16.3. The van der Waals surface area contributed by atoms with Crippen molar-refractivity contribution in [2.45, 2.75) is 13.8 Å². The number of aromatic hydroxyl groups is 1. The maximum atomic E-state index is 9.48. The highest BCUT2D eigenvalue weighted by Crippen LogP contribution is 2.21. The summed E-state index contributed by atoms with van der Waals surface area (Å²) < 4.78 is 0. The summed E-state index contributed by atoms with van der Waals surface area (Å²) in [6, 6.07) is 7.54. The lowest BCUT2D eigenvalue weighted by molar-refractivity contribution is 0.231. The normalized spacial score (nSPS) is 17.7. The van der Waals surface area contributed by atoms with Gasteiger partial charge in [0.15, 0.2) is 0 Å². The van der Waals surface area contributed by atoms with Crippen molar-refractivity contribution in [3.8, 4) is 5.75 Å². The Bertz CT molecular complexity index is 357. The molecule has 0 aromatic heterocycles. The molecule has 3 nitrogen and oxygen atoms in total. The third-order valence-corrected chi connectivity index (χ3v) is 3.19. The van der Waals surface area contributed by atoms with Gasteiger partial charge in [0.25, 0.3) is 0 Å². The first-order valence-electron chi connectivity index (χ1n) is 6.41. The molecule has 0 radical (unpaired) electrons. The molecule has 2 rings (SSSR count). The van der Waals surface area contributed by atoms with Gasteiger partial charge in [-0.25, -0.2) is 0 Å². The van der Waals surface area contributed by atoms with Crippen LogP contribution in [0.2, 0.25) is 0 Å². The molecule has 0 saturated carbocycles. The molecular weight excluding hydrogens is 212 g/mol. The van der Waals surface area contributed by atoms with Crippen molar-refractivity contribution in [2.24, 2.45) is 5.92 Å². The molecule has 94 valence electrons. The van der Waals surface area contributed by atoms with E-state index in [1.54, 1.807) is 6.07 Å². The fourth-order valence-electron chi connectivity index (χ4n) is 2.39. The minimum Gasteiger partial charge on any atom is -0.508 e. The van der Waals surface area contributed by atoms with E-state index in [0.29, 0.717) is 5.75 Å². The Hall–Kier alpha value is -1.22. The molecule has 17 heavy (non-hydrogen) atoms. The summed E-state index contributed by atoms with van der Waals surface area (Å²) >= 11 is 0. The first-order chi connectivity index (χ1) is 8.15. The van der Waals surface area contributed by atoms with E-state index in [1.807, 2.05) is 12.1 Å². The van der Waals surface area contributed by atoms with Crippen molar-refractivity contribution in [3.05, 3.63) is 24.3 Å². The van der Waals surface area contributed by atoms with E-state index >= 15 is 0 Å². The zero-order chi connectivity index (χ0) is 12.3. The summed E-state index contributed by atoms with van der Waals surface area (Å²) in [6.07, 6.45) is 0. The Morgan fingerprint density at radius 2 is 1.88 bits per heavy atom. The van der Waals surface area contributed by atoms with Gasteiger partial charge in [0.05, 0.1) is 0 Å². The number of anilines is 1. The van der Waals surface area contributed by atoms with Gasteiger partial charge in [0.2, 0.25) is 0 Å². The van der Waals surface area contributed by atoms with Crippen LogP contribution in [-0.4, -0.2) is 42.7 Å². The quantitative estimate of drug-likeness (QED) is 0.868. The van der Waals surface area contributed by atoms with Crippen molar-refractivity contribution in [3.63, 3.8) is 0 Å². The number of phenolic OH excluding ortho intramolecular Hbond substituents is 1. The number of rotatable bonds is 3. The summed E-state index contributed by atoms with van der Waals surface area (Å²) in [5.41, 5.74) is 1.13. The zero-order valence-corrected chi connectivity index (χ0v) is 10.8. The van der Waals surface area contributed by atoms with Crippen LogP contribution in [0.25, 0.3) is 0 Å². The van der Waals surface area contributed by atoms with Crippen LogP contribution in [-0.2, 0) is 0 Å². The average molecular weight is 234 g/mol. The lowest BCUT2D eigenvalue weighted by atomic mass is 10.2. The highest BCUT2D eigenvalue weighted by Gasteiger charge is 2.17. The summed E-state index contributed by atoms with van der Waals surface area (Å²) in [7, 11) is 0. The number of hydrogen-bond donors (Lipinski definition) is 1. The molecule has 1 aromatic carbocycles. The maximum Gasteiger partial charge on any atom is 0.117 e. The monoisotopic (exact) mass is 234 g/mol. The minimum atomic E-state index is 0.354. The van der Waals surface area contributed by atoms with Crippen LogP contribution in [0.5, 0.6) is 5.75 Å². The zero-order valence-electron chi connectivity index (χ0n) is 10.8. The Morgan fingerprint density at radius 1 is 1.18 bits per heavy atom. The Kier molecular flexibility index (Phi) is 3.89. The van der Waals surface area contributed by atoms with Crippen LogP contribution < -0.4 is 4.90 Å². The van der Waals surface area contributed by atoms with Crippen molar-refractivity contribution >= 4 is 5.69 Å². The number of piperazine rings is 1. The Balaban J connectivity index is 1.91. The van der Waals surface area contributed by atoms with Crippen LogP contribution in [0.4, 0.5) is 5.69 Å². The number of benzene rings is 1. The summed E-state index contributed by atoms with van der Waals surface area (Å²) in [5, 5.41) is 9.48.